The molecule has 0 saturated carbocycles. The van der Waals surface area contributed by atoms with Gasteiger partial charge in [-0.2, -0.15) is 0 Å². The molecule has 0 bridgehead atoms. The lowest BCUT2D eigenvalue weighted by Gasteiger charge is -2.20. The Balaban J connectivity index is 1.91. The maximum atomic E-state index is 5.72. The minimum absolute atomic E-state index is 0.223. The molecule has 0 radical (unpaired) electrons. The van der Waals surface area contributed by atoms with Crippen LogP contribution >= 0.6 is 0 Å². The molecule has 0 aliphatic rings. The molecule has 2 aromatic heterocycles. The fourth-order valence-corrected chi connectivity index (χ4v) is 2.09. The van der Waals surface area contributed by atoms with Gasteiger partial charge in [-0.15, -0.1) is 0 Å². The molecular formula is C18H25N3O. The van der Waals surface area contributed by atoms with Gasteiger partial charge < -0.3 is 10.1 Å². The standard InChI is InChI=1S/C18H25N3O/c1-13-8-16(12-19-9-13)14(2)20-10-15-6-7-17(21-11-15)22-18(3,4)5/h6-9,11-12,14,20H,10H2,1-5H3/t14-/m0/s1. The summed E-state index contributed by atoms with van der Waals surface area (Å²) in [6.45, 7) is 11.0. The van der Waals surface area contributed by atoms with E-state index in [2.05, 4.69) is 35.2 Å². The summed E-state index contributed by atoms with van der Waals surface area (Å²) in [6, 6.07) is 6.37. The number of pyridine rings is 2. The fraction of sp³-hybridized carbons (Fsp3) is 0.444. The minimum atomic E-state index is -0.223. The molecule has 1 atom stereocenters. The molecule has 0 aliphatic carbocycles. The predicted octanol–water partition coefficient (Wildman–Crippen LogP) is 3.81. The third-order valence-electron chi connectivity index (χ3n) is 3.22. The molecule has 0 fully saturated rings. The Kier molecular flexibility index (Phi) is 5.14. The van der Waals surface area contributed by atoms with E-state index in [9.17, 15) is 0 Å². The summed E-state index contributed by atoms with van der Waals surface area (Å²) >= 11 is 0. The van der Waals surface area contributed by atoms with Crippen molar-refractivity contribution in [3.8, 4) is 5.88 Å². The zero-order valence-corrected chi connectivity index (χ0v) is 14.1. The van der Waals surface area contributed by atoms with Crippen LogP contribution in [-0.2, 0) is 6.54 Å². The minimum Gasteiger partial charge on any atom is -0.472 e. The molecule has 0 saturated heterocycles. The van der Waals surface area contributed by atoms with Crippen LogP contribution < -0.4 is 10.1 Å². The first-order valence-electron chi connectivity index (χ1n) is 7.62. The van der Waals surface area contributed by atoms with E-state index in [1.165, 1.54) is 11.1 Å². The lowest BCUT2D eigenvalue weighted by molar-refractivity contribution is 0.124. The van der Waals surface area contributed by atoms with Gasteiger partial charge >= 0.3 is 0 Å². The van der Waals surface area contributed by atoms with Gasteiger partial charge in [-0.25, -0.2) is 4.98 Å². The van der Waals surface area contributed by atoms with E-state index in [1.807, 2.05) is 51.5 Å². The van der Waals surface area contributed by atoms with Crippen LogP contribution in [0.25, 0.3) is 0 Å². The number of aromatic nitrogens is 2. The summed E-state index contributed by atoms with van der Waals surface area (Å²) in [4.78, 5) is 8.59. The predicted molar refractivity (Wildman–Crippen MR) is 88.8 cm³/mol. The van der Waals surface area contributed by atoms with E-state index in [-0.39, 0.29) is 11.6 Å². The summed E-state index contributed by atoms with van der Waals surface area (Å²) in [6.07, 6.45) is 5.63. The van der Waals surface area contributed by atoms with E-state index < -0.39 is 0 Å². The monoisotopic (exact) mass is 299 g/mol. The van der Waals surface area contributed by atoms with Gasteiger partial charge in [0.05, 0.1) is 0 Å². The van der Waals surface area contributed by atoms with Crippen molar-refractivity contribution in [2.24, 2.45) is 0 Å². The molecule has 0 amide bonds. The maximum Gasteiger partial charge on any atom is 0.213 e. The second-order valence-corrected chi connectivity index (χ2v) is 6.62. The zero-order valence-electron chi connectivity index (χ0n) is 14.1. The average Bonchev–Trinajstić information content (AvgIpc) is 2.44. The molecule has 0 spiro atoms. The second kappa shape index (κ2) is 6.88. The molecule has 1 N–H and O–H groups in total. The SMILES string of the molecule is Cc1cncc([C@H](C)NCc2ccc(OC(C)(C)C)nc2)c1. The topological polar surface area (TPSA) is 47.0 Å². The quantitative estimate of drug-likeness (QED) is 0.912. The van der Waals surface area contributed by atoms with Crippen molar-refractivity contribution >= 4 is 0 Å². The fourth-order valence-electron chi connectivity index (χ4n) is 2.09. The molecule has 2 rings (SSSR count). The second-order valence-electron chi connectivity index (χ2n) is 6.62. The molecule has 2 heterocycles. The van der Waals surface area contributed by atoms with Crippen molar-refractivity contribution in [3.05, 3.63) is 53.5 Å². The van der Waals surface area contributed by atoms with E-state index in [0.29, 0.717) is 5.88 Å². The zero-order chi connectivity index (χ0) is 16.2. The van der Waals surface area contributed by atoms with Crippen molar-refractivity contribution in [3.63, 3.8) is 0 Å². The Morgan fingerprint density at radius 1 is 1.18 bits per heavy atom. The molecule has 118 valence electrons. The van der Waals surface area contributed by atoms with E-state index in [4.69, 9.17) is 4.74 Å². The number of aryl methyl sites for hydroxylation is 1. The van der Waals surface area contributed by atoms with Gasteiger partial charge in [0.15, 0.2) is 0 Å². The van der Waals surface area contributed by atoms with Gasteiger partial charge in [0.2, 0.25) is 5.88 Å². The van der Waals surface area contributed by atoms with Gasteiger partial charge in [0.1, 0.15) is 5.60 Å². The number of ether oxygens (including phenoxy) is 1. The highest BCUT2D eigenvalue weighted by Gasteiger charge is 2.12. The van der Waals surface area contributed by atoms with E-state index in [1.54, 1.807) is 0 Å². The molecule has 22 heavy (non-hydrogen) atoms. The van der Waals surface area contributed by atoms with Crippen molar-refractivity contribution in [1.29, 1.82) is 0 Å². The molecule has 4 heteroatoms. The summed E-state index contributed by atoms with van der Waals surface area (Å²) < 4.78 is 5.72. The Morgan fingerprint density at radius 2 is 1.95 bits per heavy atom. The number of nitrogens with one attached hydrogen (secondary N) is 1. The molecule has 0 aliphatic heterocycles. The van der Waals surface area contributed by atoms with Crippen LogP contribution in [0.1, 0.15) is 50.4 Å². The van der Waals surface area contributed by atoms with E-state index >= 15 is 0 Å². The first-order chi connectivity index (χ1) is 10.3. The summed E-state index contributed by atoms with van der Waals surface area (Å²) in [5.41, 5.74) is 3.28. The highest BCUT2D eigenvalue weighted by molar-refractivity contribution is 5.21. The molecule has 0 unspecified atom stereocenters. The highest BCUT2D eigenvalue weighted by Crippen LogP contribution is 2.16. The van der Waals surface area contributed by atoms with Crippen molar-refractivity contribution in [2.45, 2.75) is 52.8 Å². The largest absolute Gasteiger partial charge is 0.472 e. The van der Waals surface area contributed by atoms with E-state index in [0.717, 1.165) is 12.1 Å². The van der Waals surface area contributed by atoms with Crippen LogP contribution in [0.4, 0.5) is 0 Å². The van der Waals surface area contributed by atoms with Gasteiger partial charge in [0, 0.05) is 37.2 Å². The lowest BCUT2D eigenvalue weighted by Crippen LogP contribution is -2.23. The smallest absolute Gasteiger partial charge is 0.213 e. The Bertz CT molecular complexity index is 602. The molecule has 2 aromatic rings. The average molecular weight is 299 g/mol. The van der Waals surface area contributed by atoms with Crippen molar-refractivity contribution < 1.29 is 4.74 Å². The molecular weight excluding hydrogens is 274 g/mol. The van der Waals surface area contributed by atoms with Crippen LogP contribution in [0.3, 0.4) is 0 Å². The maximum absolute atomic E-state index is 5.72. The number of hydrogen-bond donors (Lipinski definition) is 1. The lowest BCUT2D eigenvalue weighted by atomic mass is 10.1. The van der Waals surface area contributed by atoms with Gasteiger partial charge in [-0.05, 0) is 51.3 Å². The summed E-state index contributed by atoms with van der Waals surface area (Å²) in [7, 11) is 0. The number of nitrogens with zero attached hydrogens (tertiary/aromatic N) is 2. The van der Waals surface area contributed by atoms with Gasteiger partial charge in [-0.1, -0.05) is 12.1 Å². The first-order valence-corrected chi connectivity index (χ1v) is 7.62. The summed E-state index contributed by atoms with van der Waals surface area (Å²) in [5.74, 6) is 0.659. The number of rotatable bonds is 5. The highest BCUT2D eigenvalue weighted by atomic mass is 16.5. The molecule has 0 aromatic carbocycles. The van der Waals surface area contributed by atoms with Crippen LogP contribution in [0.2, 0.25) is 0 Å². The van der Waals surface area contributed by atoms with Crippen LogP contribution in [0, 0.1) is 6.92 Å². The van der Waals surface area contributed by atoms with Crippen molar-refractivity contribution in [1.82, 2.24) is 15.3 Å². The van der Waals surface area contributed by atoms with Crippen LogP contribution in [0.15, 0.2) is 36.8 Å². The first kappa shape index (κ1) is 16.4. The Hall–Kier alpha value is -1.94. The molecule has 4 nitrogen and oxygen atoms in total. The summed E-state index contributed by atoms with van der Waals surface area (Å²) in [5, 5.41) is 3.49. The number of hydrogen-bond acceptors (Lipinski definition) is 4. The third kappa shape index (κ3) is 5.11. The van der Waals surface area contributed by atoms with Gasteiger partial charge in [-0.3, -0.25) is 4.98 Å². The van der Waals surface area contributed by atoms with Gasteiger partial charge in [0.25, 0.3) is 0 Å². The Labute approximate surface area is 133 Å². The Morgan fingerprint density at radius 3 is 2.55 bits per heavy atom. The normalized spacial score (nSPS) is 13.0. The van der Waals surface area contributed by atoms with Crippen molar-refractivity contribution in [2.75, 3.05) is 0 Å². The van der Waals surface area contributed by atoms with Crippen LogP contribution in [-0.4, -0.2) is 15.6 Å². The third-order valence-corrected chi connectivity index (χ3v) is 3.22. The van der Waals surface area contributed by atoms with Crippen LogP contribution in [0.5, 0.6) is 5.88 Å².